The molecule has 3 rings (SSSR count). The standard InChI is InChI=1S/C18H17NO2S2/c1-20-15-8-4-3-7-14(15)18-19-13(12-23-18)11-22-17-10-6-5-9-16(17)21-2/h3-10,12H,11H2,1-2H3. The summed E-state index contributed by atoms with van der Waals surface area (Å²) in [7, 11) is 3.38. The van der Waals surface area contributed by atoms with E-state index >= 15 is 0 Å². The molecule has 0 amide bonds. The summed E-state index contributed by atoms with van der Waals surface area (Å²) in [6, 6.07) is 16.0. The topological polar surface area (TPSA) is 31.4 Å². The molecule has 0 aliphatic rings. The number of benzene rings is 2. The fourth-order valence-electron chi connectivity index (χ4n) is 2.21. The molecule has 23 heavy (non-hydrogen) atoms. The molecule has 3 aromatic rings. The summed E-state index contributed by atoms with van der Waals surface area (Å²) in [5.74, 6) is 2.56. The van der Waals surface area contributed by atoms with Gasteiger partial charge in [-0.15, -0.1) is 23.1 Å². The van der Waals surface area contributed by atoms with Crippen molar-refractivity contribution >= 4 is 23.1 Å². The van der Waals surface area contributed by atoms with E-state index in [2.05, 4.69) is 11.4 Å². The van der Waals surface area contributed by atoms with Gasteiger partial charge in [-0.2, -0.15) is 0 Å². The largest absolute Gasteiger partial charge is 0.496 e. The highest BCUT2D eigenvalue weighted by atomic mass is 32.2. The lowest BCUT2D eigenvalue weighted by molar-refractivity contribution is 0.405. The van der Waals surface area contributed by atoms with Crippen molar-refractivity contribution in [3.8, 4) is 22.1 Å². The Morgan fingerprint density at radius 3 is 2.43 bits per heavy atom. The van der Waals surface area contributed by atoms with E-state index in [9.17, 15) is 0 Å². The molecule has 0 radical (unpaired) electrons. The SMILES string of the molecule is COc1ccccc1SCc1csc(-c2ccccc2OC)n1. The van der Waals surface area contributed by atoms with Gasteiger partial charge < -0.3 is 9.47 Å². The Hall–Kier alpha value is -1.98. The summed E-state index contributed by atoms with van der Waals surface area (Å²) >= 11 is 3.37. The molecule has 1 heterocycles. The van der Waals surface area contributed by atoms with Crippen LogP contribution in [-0.2, 0) is 5.75 Å². The average molecular weight is 343 g/mol. The van der Waals surface area contributed by atoms with Gasteiger partial charge in [-0.1, -0.05) is 24.3 Å². The van der Waals surface area contributed by atoms with Gasteiger partial charge in [-0.05, 0) is 24.3 Å². The molecular weight excluding hydrogens is 326 g/mol. The van der Waals surface area contributed by atoms with E-state index in [1.807, 2.05) is 42.5 Å². The highest BCUT2D eigenvalue weighted by Gasteiger charge is 2.10. The van der Waals surface area contributed by atoms with Gasteiger partial charge >= 0.3 is 0 Å². The molecular formula is C18H17NO2S2. The smallest absolute Gasteiger partial charge is 0.132 e. The Morgan fingerprint density at radius 2 is 1.65 bits per heavy atom. The van der Waals surface area contributed by atoms with E-state index in [1.165, 1.54) is 0 Å². The van der Waals surface area contributed by atoms with Crippen LogP contribution < -0.4 is 9.47 Å². The Bertz CT molecular complexity index is 786. The first-order chi connectivity index (χ1) is 11.3. The molecule has 0 bridgehead atoms. The molecule has 3 nitrogen and oxygen atoms in total. The molecule has 0 aliphatic heterocycles. The Balaban J connectivity index is 1.75. The van der Waals surface area contributed by atoms with E-state index in [0.29, 0.717) is 0 Å². The van der Waals surface area contributed by atoms with Crippen molar-refractivity contribution in [1.82, 2.24) is 4.98 Å². The van der Waals surface area contributed by atoms with Gasteiger partial charge in [0.25, 0.3) is 0 Å². The fourth-order valence-corrected chi connectivity index (χ4v) is 4.08. The minimum absolute atomic E-state index is 0.812. The van der Waals surface area contributed by atoms with Crippen molar-refractivity contribution in [2.45, 2.75) is 10.6 Å². The average Bonchev–Trinajstić information content (AvgIpc) is 3.09. The van der Waals surface area contributed by atoms with Crippen LogP contribution in [0.15, 0.2) is 58.8 Å². The summed E-state index contributed by atoms with van der Waals surface area (Å²) in [4.78, 5) is 5.86. The Labute approximate surface area is 144 Å². The number of aromatic nitrogens is 1. The maximum absolute atomic E-state index is 5.41. The third kappa shape index (κ3) is 3.68. The quantitative estimate of drug-likeness (QED) is 0.581. The zero-order valence-electron chi connectivity index (χ0n) is 13.0. The minimum Gasteiger partial charge on any atom is -0.496 e. The van der Waals surface area contributed by atoms with Gasteiger partial charge in [0.2, 0.25) is 0 Å². The first kappa shape index (κ1) is 15.9. The van der Waals surface area contributed by atoms with Gasteiger partial charge in [0, 0.05) is 16.0 Å². The van der Waals surface area contributed by atoms with Crippen molar-refractivity contribution < 1.29 is 9.47 Å². The minimum atomic E-state index is 0.812. The van der Waals surface area contributed by atoms with Gasteiger partial charge in [0.1, 0.15) is 16.5 Å². The van der Waals surface area contributed by atoms with Crippen LogP contribution in [0.1, 0.15) is 5.69 Å². The maximum Gasteiger partial charge on any atom is 0.132 e. The second-order valence-corrected chi connectivity index (χ2v) is 6.66. The molecule has 0 spiro atoms. The molecule has 0 saturated heterocycles. The number of hydrogen-bond donors (Lipinski definition) is 0. The third-order valence-corrected chi connectivity index (χ3v) is 5.35. The van der Waals surface area contributed by atoms with E-state index in [-0.39, 0.29) is 0 Å². The number of thiazole rings is 1. The van der Waals surface area contributed by atoms with E-state index in [1.54, 1.807) is 37.3 Å². The lowest BCUT2D eigenvalue weighted by atomic mass is 10.2. The van der Waals surface area contributed by atoms with Crippen LogP contribution in [-0.4, -0.2) is 19.2 Å². The molecule has 1 aromatic heterocycles. The number of rotatable bonds is 6. The molecule has 0 saturated carbocycles. The van der Waals surface area contributed by atoms with Gasteiger partial charge in [-0.3, -0.25) is 0 Å². The van der Waals surface area contributed by atoms with Crippen LogP contribution in [0.5, 0.6) is 11.5 Å². The second kappa shape index (κ2) is 7.53. The van der Waals surface area contributed by atoms with Gasteiger partial charge in [0.15, 0.2) is 0 Å². The number of nitrogens with zero attached hydrogens (tertiary/aromatic N) is 1. The lowest BCUT2D eigenvalue weighted by Gasteiger charge is -2.06. The second-order valence-electron chi connectivity index (χ2n) is 4.78. The van der Waals surface area contributed by atoms with E-state index in [0.717, 1.165) is 38.4 Å². The summed E-state index contributed by atoms with van der Waals surface area (Å²) < 4.78 is 10.8. The maximum atomic E-state index is 5.41. The summed E-state index contributed by atoms with van der Waals surface area (Å²) in [6.45, 7) is 0. The van der Waals surface area contributed by atoms with Gasteiger partial charge in [-0.25, -0.2) is 4.98 Å². The molecule has 0 N–H and O–H groups in total. The highest BCUT2D eigenvalue weighted by Crippen LogP contribution is 2.35. The predicted octanol–water partition coefficient (Wildman–Crippen LogP) is 5.12. The number of methoxy groups -OCH3 is 2. The van der Waals surface area contributed by atoms with Crippen LogP contribution in [0, 0.1) is 0 Å². The molecule has 118 valence electrons. The molecule has 0 unspecified atom stereocenters. The van der Waals surface area contributed by atoms with Gasteiger partial charge in [0.05, 0.1) is 25.5 Å². The number of hydrogen-bond acceptors (Lipinski definition) is 5. The molecule has 2 aromatic carbocycles. The molecule has 5 heteroatoms. The van der Waals surface area contributed by atoms with E-state index in [4.69, 9.17) is 14.5 Å². The van der Waals surface area contributed by atoms with Crippen LogP contribution >= 0.6 is 23.1 Å². The fraction of sp³-hybridized carbons (Fsp3) is 0.167. The van der Waals surface area contributed by atoms with Crippen molar-refractivity contribution in [2.24, 2.45) is 0 Å². The van der Waals surface area contributed by atoms with Crippen LogP contribution in [0.3, 0.4) is 0 Å². The third-order valence-electron chi connectivity index (χ3n) is 3.33. The molecule has 0 aliphatic carbocycles. The Morgan fingerprint density at radius 1 is 0.957 bits per heavy atom. The van der Waals surface area contributed by atoms with E-state index < -0.39 is 0 Å². The van der Waals surface area contributed by atoms with Crippen molar-refractivity contribution in [3.63, 3.8) is 0 Å². The predicted molar refractivity (Wildman–Crippen MR) is 96.7 cm³/mol. The normalized spacial score (nSPS) is 10.5. The number of thioether (sulfide) groups is 1. The summed E-state index contributed by atoms with van der Waals surface area (Å²) in [5, 5.41) is 3.09. The number of ether oxygens (including phenoxy) is 2. The van der Waals surface area contributed by atoms with Crippen molar-refractivity contribution in [1.29, 1.82) is 0 Å². The first-order valence-electron chi connectivity index (χ1n) is 7.15. The highest BCUT2D eigenvalue weighted by molar-refractivity contribution is 7.98. The zero-order chi connectivity index (χ0) is 16.1. The van der Waals surface area contributed by atoms with Crippen molar-refractivity contribution in [3.05, 3.63) is 59.6 Å². The van der Waals surface area contributed by atoms with Crippen LogP contribution in [0.4, 0.5) is 0 Å². The number of para-hydroxylation sites is 2. The van der Waals surface area contributed by atoms with Crippen LogP contribution in [0.25, 0.3) is 10.6 Å². The molecule has 0 atom stereocenters. The monoisotopic (exact) mass is 343 g/mol. The molecule has 0 fully saturated rings. The summed E-state index contributed by atoms with van der Waals surface area (Å²) in [6.07, 6.45) is 0. The lowest BCUT2D eigenvalue weighted by Crippen LogP contribution is -1.88. The zero-order valence-corrected chi connectivity index (χ0v) is 14.6. The Kier molecular flexibility index (Phi) is 5.20. The first-order valence-corrected chi connectivity index (χ1v) is 9.02. The van der Waals surface area contributed by atoms with Crippen molar-refractivity contribution in [2.75, 3.05) is 14.2 Å². The summed E-state index contributed by atoms with van der Waals surface area (Å²) in [5.41, 5.74) is 2.10. The van der Waals surface area contributed by atoms with Crippen LogP contribution in [0.2, 0.25) is 0 Å².